The number of fused-ring (bicyclic) bond motifs is 1. The first kappa shape index (κ1) is 12.6. The van der Waals surface area contributed by atoms with E-state index in [-0.39, 0.29) is 0 Å². The van der Waals surface area contributed by atoms with Crippen LogP contribution in [0.2, 0.25) is 0 Å². The van der Waals surface area contributed by atoms with E-state index in [0.717, 1.165) is 29.8 Å². The molecule has 20 heavy (non-hydrogen) atoms. The summed E-state index contributed by atoms with van der Waals surface area (Å²) in [5.74, 6) is -1.07. The second-order valence-electron chi connectivity index (χ2n) is 4.67. The van der Waals surface area contributed by atoms with Gasteiger partial charge in [-0.05, 0) is 18.1 Å². The SMILES string of the molecule is Nc1ccccc1CCc1nc2cc(F)c(F)cc2[nH]1. The van der Waals surface area contributed by atoms with Crippen LogP contribution in [0.1, 0.15) is 11.4 Å². The van der Waals surface area contributed by atoms with Crippen molar-refractivity contribution < 1.29 is 8.78 Å². The molecule has 1 heterocycles. The van der Waals surface area contributed by atoms with Crippen molar-refractivity contribution in [2.24, 2.45) is 0 Å². The number of nitrogen functional groups attached to an aromatic ring is 1. The number of H-pyrrole nitrogens is 1. The van der Waals surface area contributed by atoms with Crippen LogP contribution in [0, 0.1) is 11.6 Å². The Kier molecular flexibility index (Phi) is 3.10. The molecule has 0 unspecified atom stereocenters. The van der Waals surface area contributed by atoms with Gasteiger partial charge < -0.3 is 10.7 Å². The van der Waals surface area contributed by atoms with E-state index >= 15 is 0 Å². The number of para-hydroxylation sites is 1. The Balaban J connectivity index is 1.83. The maximum absolute atomic E-state index is 13.1. The van der Waals surface area contributed by atoms with E-state index < -0.39 is 11.6 Å². The molecule has 3 N–H and O–H groups in total. The highest BCUT2D eigenvalue weighted by Gasteiger charge is 2.09. The van der Waals surface area contributed by atoms with Gasteiger partial charge in [-0.2, -0.15) is 0 Å². The number of aryl methyl sites for hydroxylation is 2. The molecule has 0 amide bonds. The summed E-state index contributed by atoms with van der Waals surface area (Å²) in [5.41, 5.74) is 8.57. The predicted octanol–water partition coefficient (Wildman–Crippen LogP) is 3.21. The number of benzene rings is 2. The zero-order valence-corrected chi connectivity index (χ0v) is 10.7. The van der Waals surface area contributed by atoms with Crippen LogP contribution < -0.4 is 5.73 Å². The summed E-state index contributed by atoms with van der Waals surface area (Å²) in [6, 6.07) is 9.83. The fraction of sp³-hybridized carbons (Fsp3) is 0.133. The van der Waals surface area contributed by atoms with E-state index in [2.05, 4.69) is 9.97 Å². The van der Waals surface area contributed by atoms with Gasteiger partial charge in [-0.15, -0.1) is 0 Å². The monoisotopic (exact) mass is 273 g/mol. The highest BCUT2D eigenvalue weighted by molar-refractivity contribution is 5.75. The highest BCUT2D eigenvalue weighted by atomic mass is 19.2. The van der Waals surface area contributed by atoms with Crippen molar-refractivity contribution in [1.82, 2.24) is 9.97 Å². The number of imidazole rings is 1. The summed E-state index contributed by atoms with van der Waals surface area (Å²) in [5, 5.41) is 0. The number of aromatic nitrogens is 2. The van der Waals surface area contributed by atoms with Crippen LogP contribution in [0.3, 0.4) is 0 Å². The molecule has 1 aromatic heterocycles. The van der Waals surface area contributed by atoms with Crippen molar-refractivity contribution in [2.45, 2.75) is 12.8 Å². The molecule has 0 radical (unpaired) electrons. The molecule has 0 aliphatic carbocycles. The number of nitrogens with two attached hydrogens (primary N) is 1. The van der Waals surface area contributed by atoms with Crippen LogP contribution in [0.5, 0.6) is 0 Å². The third kappa shape index (κ3) is 2.34. The number of rotatable bonds is 3. The van der Waals surface area contributed by atoms with Crippen LogP contribution in [0.25, 0.3) is 11.0 Å². The van der Waals surface area contributed by atoms with Gasteiger partial charge in [0.1, 0.15) is 5.82 Å². The van der Waals surface area contributed by atoms with Gasteiger partial charge in [0.05, 0.1) is 11.0 Å². The molecule has 0 saturated carbocycles. The third-order valence-electron chi connectivity index (χ3n) is 3.26. The number of aromatic amines is 1. The second kappa shape index (κ2) is 4.92. The average molecular weight is 273 g/mol. The van der Waals surface area contributed by atoms with Gasteiger partial charge in [-0.25, -0.2) is 13.8 Å². The van der Waals surface area contributed by atoms with Crippen LogP contribution >= 0.6 is 0 Å². The molecule has 0 atom stereocenters. The van der Waals surface area contributed by atoms with E-state index in [1.165, 1.54) is 0 Å². The van der Waals surface area contributed by atoms with Crippen LogP contribution in [-0.2, 0) is 12.8 Å². The van der Waals surface area contributed by atoms with E-state index in [1.54, 1.807) is 0 Å². The molecule has 102 valence electrons. The molecular formula is C15H13F2N3. The lowest BCUT2D eigenvalue weighted by atomic mass is 10.1. The fourth-order valence-corrected chi connectivity index (χ4v) is 2.19. The van der Waals surface area contributed by atoms with Gasteiger partial charge in [-0.1, -0.05) is 18.2 Å². The minimum atomic E-state index is -0.886. The number of halogens is 2. The number of nitrogens with zero attached hydrogens (tertiary/aromatic N) is 1. The smallest absolute Gasteiger partial charge is 0.161 e. The van der Waals surface area contributed by atoms with E-state index in [9.17, 15) is 8.78 Å². The quantitative estimate of drug-likeness (QED) is 0.720. The van der Waals surface area contributed by atoms with Crippen molar-refractivity contribution in [3.8, 4) is 0 Å². The predicted molar refractivity (Wildman–Crippen MR) is 74.3 cm³/mol. The lowest BCUT2D eigenvalue weighted by molar-refractivity contribution is 0.510. The summed E-state index contributed by atoms with van der Waals surface area (Å²) < 4.78 is 26.2. The lowest BCUT2D eigenvalue weighted by Gasteiger charge is -2.03. The van der Waals surface area contributed by atoms with Crippen molar-refractivity contribution in [1.29, 1.82) is 0 Å². The molecule has 3 nitrogen and oxygen atoms in total. The van der Waals surface area contributed by atoms with Crippen LogP contribution in [-0.4, -0.2) is 9.97 Å². The Bertz CT molecular complexity index is 726. The molecule has 0 bridgehead atoms. The number of hydrogen-bond acceptors (Lipinski definition) is 2. The van der Waals surface area contributed by atoms with Crippen LogP contribution in [0.4, 0.5) is 14.5 Å². The van der Waals surface area contributed by atoms with Crippen LogP contribution in [0.15, 0.2) is 36.4 Å². The summed E-state index contributed by atoms with van der Waals surface area (Å²) in [7, 11) is 0. The molecule has 0 aliphatic heterocycles. The minimum Gasteiger partial charge on any atom is -0.399 e. The maximum atomic E-state index is 13.1. The zero-order valence-electron chi connectivity index (χ0n) is 10.7. The Morgan fingerprint density at radius 1 is 1.05 bits per heavy atom. The van der Waals surface area contributed by atoms with Gasteiger partial charge in [-0.3, -0.25) is 0 Å². The lowest BCUT2D eigenvalue weighted by Crippen LogP contribution is -1.97. The summed E-state index contributed by atoms with van der Waals surface area (Å²) in [6.45, 7) is 0. The van der Waals surface area contributed by atoms with Gasteiger partial charge in [0.15, 0.2) is 11.6 Å². The Morgan fingerprint density at radius 3 is 2.60 bits per heavy atom. The van der Waals surface area contributed by atoms with Crippen molar-refractivity contribution in [2.75, 3.05) is 5.73 Å². The summed E-state index contributed by atoms with van der Waals surface area (Å²) in [6.07, 6.45) is 1.35. The Morgan fingerprint density at radius 2 is 1.80 bits per heavy atom. The molecule has 3 rings (SSSR count). The standard InChI is InChI=1S/C15H13F2N3/c16-10-7-13-14(8-11(10)17)20-15(19-13)6-5-9-3-1-2-4-12(9)18/h1-4,7-8H,5-6,18H2,(H,19,20). The number of anilines is 1. The molecule has 0 saturated heterocycles. The van der Waals surface area contributed by atoms with Crippen molar-refractivity contribution in [3.63, 3.8) is 0 Å². The zero-order chi connectivity index (χ0) is 14.1. The van der Waals surface area contributed by atoms with E-state index in [0.29, 0.717) is 23.3 Å². The first-order chi connectivity index (χ1) is 9.63. The molecule has 0 fully saturated rings. The van der Waals surface area contributed by atoms with Gasteiger partial charge in [0.2, 0.25) is 0 Å². The Hall–Kier alpha value is -2.43. The first-order valence-electron chi connectivity index (χ1n) is 6.30. The largest absolute Gasteiger partial charge is 0.399 e. The molecular weight excluding hydrogens is 260 g/mol. The Labute approximate surface area is 114 Å². The summed E-state index contributed by atoms with van der Waals surface area (Å²) >= 11 is 0. The fourth-order valence-electron chi connectivity index (χ4n) is 2.19. The molecule has 3 aromatic rings. The summed E-state index contributed by atoms with van der Waals surface area (Å²) in [4.78, 5) is 7.25. The average Bonchev–Trinajstić information content (AvgIpc) is 2.80. The molecule has 0 aliphatic rings. The van der Waals surface area contributed by atoms with Crippen molar-refractivity contribution >= 4 is 16.7 Å². The maximum Gasteiger partial charge on any atom is 0.161 e. The van der Waals surface area contributed by atoms with Gasteiger partial charge >= 0.3 is 0 Å². The highest BCUT2D eigenvalue weighted by Crippen LogP contribution is 2.18. The molecule has 5 heteroatoms. The van der Waals surface area contributed by atoms with Gasteiger partial charge in [0.25, 0.3) is 0 Å². The van der Waals surface area contributed by atoms with E-state index in [1.807, 2.05) is 24.3 Å². The second-order valence-corrected chi connectivity index (χ2v) is 4.67. The molecule has 2 aromatic carbocycles. The van der Waals surface area contributed by atoms with E-state index in [4.69, 9.17) is 5.73 Å². The first-order valence-corrected chi connectivity index (χ1v) is 6.30. The normalized spacial score (nSPS) is 11.1. The third-order valence-corrected chi connectivity index (χ3v) is 3.26. The minimum absolute atomic E-state index is 0.430. The number of hydrogen-bond donors (Lipinski definition) is 2. The van der Waals surface area contributed by atoms with Crippen molar-refractivity contribution in [3.05, 3.63) is 59.4 Å². The van der Waals surface area contributed by atoms with Gasteiger partial charge in [0, 0.05) is 24.2 Å². The molecule has 0 spiro atoms. The topological polar surface area (TPSA) is 54.7 Å². The number of nitrogens with one attached hydrogen (secondary N) is 1.